The fraction of sp³-hybridized carbons (Fsp3) is 0.417. The maximum Gasteiger partial charge on any atom is 0.191 e. The van der Waals surface area contributed by atoms with Crippen molar-refractivity contribution >= 4 is 5.96 Å². The van der Waals surface area contributed by atoms with Gasteiger partial charge in [-0.3, -0.25) is 9.58 Å². The number of likely N-dealkylation sites (tertiary alicyclic amines) is 1. The topological polar surface area (TPSA) is 70.6 Å². The van der Waals surface area contributed by atoms with E-state index in [0.717, 1.165) is 50.0 Å². The van der Waals surface area contributed by atoms with E-state index in [2.05, 4.69) is 64.1 Å². The Morgan fingerprint density at radius 2 is 1.94 bits per heavy atom. The average Bonchev–Trinajstić information content (AvgIpc) is 3.56. The second-order valence-electron chi connectivity index (χ2n) is 7.88. The smallest absolute Gasteiger partial charge is 0.191 e. The SMILES string of the molecule is CCNC(=NCc1cnn(Cc2ccccc2)c1)NCC(c1ccco1)N1CCCC1. The summed E-state index contributed by atoms with van der Waals surface area (Å²) in [5, 5.41) is 11.3. The first-order valence-corrected chi connectivity index (χ1v) is 11.2. The number of hydrogen-bond acceptors (Lipinski definition) is 4. The molecule has 0 bridgehead atoms. The van der Waals surface area contributed by atoms with Gasteiger partial charge in [0.05, 0.1) is 31.6 Å². The lowest BCUT2D eigenvalue weighted by Crippen LogP contribution is -2.42. The number of nitrogens with one attached hydrogen (secondary N) is 2. The molecular weight excluding hydrogens is 388 g/mol. The lowest BCUT2D eigenvalue weighted by Gasteiger charge is -2.26. The Balaban J connectivity index is 1.36. The number of guanidine groups is 1. The lowest BCUT2D eigenvalue weighted by molar-refractivity contribution is 0.215. The zero-order valence-corrected chi connectivity index (χ0v) is 18.2. The molecule has 7 heteroatoms. The van der Waals surface area contributed by atoms with Gasteiger partial charge in [-0.2, -0.15) is 5.10 Å². The van der Waals surface area contributed by atoms with Crippen LogP contribution in [-0.4, -0.2) is 46.8 Å². The molecule has 1 unspecified atom stereocenters. The van der Waals surface area contributed by atoms with Crippen molar-refractivity contribution < 1.29 is 4.42 Å². The zero-order valence-electron chi connectivity index (χ0n) is 18.2. The molecule has 1 aliphatic heterocycles. The van der Waals surface area contributed by atoms with E-state index in [4.69, 9.17) is 9.41 Å². The Kier molecular flexibility index (Phi) is 7.39. The second kappa shape index (κ2) is 10.8. The van der Waals surface area contributed by atoms with Gasteiger partial charge in [-0.25, -0.2) is 4.99 Å². The number of aliphatic imine (C=N–C) groups is 1. The molecule has 0 spiro atoms. The van der Waals surface area contributed by atoms with Crippen molar-refractivity contribution in [3.8, 4) is 0 Å². The Labute approximate surface area is 184 Å². The van der Waals surface area contributed by atoms with Crippen LogP contribution in [0.3, 0.4) is 0 Å². The lowest BCUT2D eigenvalue weighted by atomic mass is 10.2. The van der Waals surface area contributed by atoms with Crippen molar-refractivity contribution in [2.45, 2.75) is 38.9 Å². The summed E-state index contributed by atoms with van der Waals surface area (Å²) in [6.07, 6.45) is 8.21. The van der Waals surface area contributed by atoms with Gasteiger partial charge in [0.2, 0.25) is 0 Å². The van der Waals surface area contributed by atoms with Crippen molar-refractivity contribution in [2.75, 3.05) is 26.2 Å². The van der Waals surface area contributed by atoms with Crippen LogP contribution in [-0.2, 0) is 13.1 Å². The molecule has 0 amide bonds. The molecule has 7 nitrogen and oxygen atoms in total. The highest BCUT2D eigenvalue weighted by atomic mass is 16.3. The maximum absolute atomic E-state index is 5.73. The molecule has 0 radical (unpaired) electrons. The van der Waals surface area contributed by atoms with Gasteiger partial charge in [0.25, 0.3) is 0 Å². The molecule has 2 N–H and O–H groups in total. The molecule has 1 atom stereocenters. The molecule has 31 heavy (non-hydrogen) atoms. The van der Waals surface area contributed by atoms with Crippen LogP contribution in [0.1, 0.15) is 42.7 Å². The average molecular weight is 421 g/mol. The quantitative estimate of drug-likeness (QED) is 0.410. The number of aromatic nitrogens is 2. The van der Waals surface area contributed by atoms with Crippen LogP contribution in [0.2, 0.25) is 0 Å². The fourth-order valence-electron chi connectivity index (χ4n) is 3.99. The molecule has 2 aromatic heterocycles. The molecule has 0 aliphatic carbocycles. The van der Waals surface area contributed by atoms with Gasteiger partial charge in [0, 0.05) is 24.8 Å². The van der Waals surface area contributed by atoms with Crippen LogP contribution in [0.5, 0.6) is 0 Å². The summed E-state index contributed by atoms with van der Waals surface area (Å²) in [5.74, 6) is 1.82. The van der Waals surface area contributed by atoms with E-state index in [1.54, 1.807) is 6.26 Å². The highest BCUT2D eigenvalue weighted by Crippen LogP contribution is 2.24. The summed E-state index contributed by atoms with van der Waals surface area (Å²) in [4.78, 5) is 7.27. The number of furan rings is 1. The molecule has 3 heterocycles. The fourth-order valence-corrected chi connectivity index (χ4v) is 3.99. The van der Waals surface area contributed by atoms with Gasteiger partial charge in [0.15, 0.2) is 5.96 Å². The van der Waals surface area contributed by atoms with Crippen molar-refractivity contribution in [1.82, 2.24) is 25.3 Å². The highest BCUT2D eigenvalue weighted by molar-refractivity contribution is 5.79. The zero-order chi connectivity index (χ0) is 21.3. The van der Waals surface area contributed by atoms with Crippen molar-refractivity contribution in [3.05, 3.63) is 78.0 Å². The van der Waals surface area contributed by atoms with Gasteiger partial charge in [0.1, 0.15) is 5.76 Å². The second-order valence-corrected chi connectivity index (χ2v) is 7.88. The van der Waals surface area contributed by atoms with Gasteiger partial charge in [-0.15, -0.1) is 0 Å². The Hall–Kier alpha value is -3.06. The van der Waals surface area contributed by atoms with Crippen molar-refractivity contribution in [3.63, 3.8) is 0 Å². The summed E-state index contributed by atoms with van der Waals surface area (Å²) in [5.41, 5.74) is 2.33. The maximum atomic E-state index is 5.73. The molecule has 4 rings (SSSR count). The van der Waals surface area contributed by atoms with Gasteiger partial charge >= 0.3 is 0 Å². The van der Waals surface area contributed by atoms with E-state index < -0.39 is 0 Å². The van der Waals surface area contributed by atoms with E-state index in [-0.39, 0.29) is 6.04 Å². The molecule has 164 valence electrons. The van der Waals surface area contributed by atoms with Crippen LogP contribution >= 0.6 is 0 Å². The largest absolute Gasteiger partial charge is 0.468 e. The number of benzene rings is 1. The predicted molar refractivity (Wildman–Crippen MR) is 123 cm³/mol. The van der Waals surface area contributed by atoms with Crippen LogP contribution in [0, 0.1) is 0 Å². The van der Waals surface area contributed by atoms with Gasteiger partial charge in [-0.1, -0.05) is 30.3 Å². The Bertz CT molecular complexity index is 928. The predicted octanol–water partition coefficient (Wildman–Crippen LogP) is 3.42. The summed E-state index contributed by atoms with van der Waals surface area (Å²) in [6, 6.07) is 14.6. The first kappa shape index (κ1) is 21.2. The summed E-state index contributed by atoms with van der Waals surface area (Å²) < 4.78 is 7.69. The highest BCUT2D eigenvalue weighted by Gasteiger charge is 2.25. The number of hydrogen-bond donors (Lipinski definition) is 2. The molecule has 0 saturated carbocycles. The van der Waals surface area contributed by atoms with E-state index >= 15 is 0 Å². The van der Waals surface area contributed by atoms with E-state index in [1.165, 1.54) is 18.4 Å². The van der Waals surface area contributed by atoms with Crippen LogP contribution in [0.25, 0.3) is 0 Å². The third kappa shape index (κ3) is 5.98. The summed E-state index contributed by atoms with van der Waals surface area (Å²) in [7, 11) is 0. The Morgan fingerprint density at radius 1 is 1.10 bits per heavy atom. The summed E-state index contributed by atoms with van der Waals surface area (Å²) >= 11 is 0. The molecule has 1 saturated heterocycles. The monoisotopic (exact) mass is 420 g/mol. The molecule has 1 aliphatic rings. The van der Waals surface area contributed by atoms with E-state index in [9.17, 15) is 0 Å². The van der Waals surface area contributed by atoms with E-state index in [0.29, 0.717) is 6.54 Å². The van der Waals surface area contributed by atoms with Crippen molar-refractivity contribution in [1.29, 1.82) is 0 Å². The van der Waals surface area contributed by atoms with Gasteiger partial charge < -0.3 is 15.1 Å². The van der Waals surface area contributed by atoms with Crippen LogP contribution < -0.4 is 10.6 Å². The molecule has 1 fully saturated rings. The molecular formula is C24H32N6O. The normalized spacial score (nSPS) is 15.8. The molecule has 3 aromatic rings. The third-order valence-corrected chi connectivity index (χ3v) is 5.55. The number of rotatable bonds is 9. The van der Waals surface area contributed by atoms with Crippen LogP contribution in [0.4, 0.5) is 0 Å². The minimum atomic E-state index is 0.218. The minimum absolute atomic E-state index is 0.218. The van der Waals surface area contributed by atoms with Crippen LogP contribution in [0.15, 0.2) is 70.5 Å². The van der Waals surface area contributed by atoms with Crippen molar-refractivity contribution in [2.24, 2.45) is 4.99 Å². The van der Waals surface area contributed by atoms with Gasteiger partial charge in [-0.05, 0) is 50.6 Å². The Morgan fingerprint density at radius 3 is 2.68 bits per heavy atom. The summed E-state index contributed by atoms with van der Waals surface area (Å²) in [6.45, 7) is 7.23. The first-order chi connectivity index (χ1) is 15.3. The minimum Gasteiger partial charge on any atom is -0.468 e. The number of nitrogens with zero attached hydrogens (tertiary/aromatic N) is 4. The first-order valence-electron chi connectivity index (χ1n) is 11.2. The third-order valence-electron chi connectivity index (χ3n) is 5.55. The molecule has 1 aromatic carbocycles. The van der Waals surface area contributed by atoms with E-state index in [1.807, 2.05) is 23.0 Å². The standard InChI is InChI=1S/C24H32N6O/c1-2-25-24(27-17-22(23-11-8-14-31-23)29-12-6-7-13-29)26-15-21-16-28-30(19-21)18-20-9-4-3-5-10-20/h3-5,8-11,14,16,19,22H,2,6-7,12-13,15,17-18H2,1H3,(H2,25,26,27).